The molecule has 0 aliphatic rings. The Kier molecular flexibility index (Phi) is 6.58. The second-order valence-electron chi connectivity index (χ2n) is 7.01. The number of aryl methyl sites for hydroxylation is 1. The highest BCUT2D eigenvalue weighted by molar-refractivity contribution is 5.89. The third-order valence-corrected chi connectivity index (χ3v) is 4.77. The molecule has 10 heteroatoms. The van der Waals surface area contributed by atoms with E-state index in [1.807, 2.05) is 0 Å². The molecule has 2 aromatic heterocycles. The molecule has 0 atom stereocenters. The Bertz CT molecular complexity index is 1390. The van der Waals surface area contributed by atoms with Gasteiger partial charge in [-0.15, -0.1) is 0 Å². The lowest BCUT2D eigenvalue weighted by Gasteiger charge is -2.07. The number of hydrogen-bond acceptors (Lipinski definition) is 10. The zero-order chi connectivity index (χ0) is 24.1. The third-order valence-electron chi connectivity index (χ3n) is 4.77. The number of esters is 2. The molecule has 0 saturated heterocycles. The van der Waals surface area contributed by atoms with E-state index in [0.29, 0.717) is 29.4 Å². The van der Waals surface area contributed by atoms with Crippen LogP contribution in [0.5, 0.6) is 23.1 Å². The zero-order valence-corrected chi connectivity index (χ0v) is 18.2. The number of carbonyl (C=O) groups excluding carboxylic acids is 2. The minimum atomic E-state index is -0.493. The van der Waals surface area contributed by atoms with Crippen molar-refractivity contribution < 1.29 is 37.5 Å². The summed E-state index contributed by atoms with van der Waals surface area (Å²) in [7, 11) is 2.75. The van der Waals surface area contributed by atoms with Gasteiger partial charge in [0.1, 0.15) is 29.1 Å². The smallest absolute Gasteiger partial charge is 0.337 e. The highest BCUT2D eigenvalue weighted by Gasteiger charge is 2.14. The van der Waals surface area contributed by atoms with Crippen molar-refractivity contribution in [3.05, 3.63) is 76.3 Å². The van der Waals surface area contributed by atoms with Crippen LogP contribution >= 0.6 is 0 Å². The van der Waals surface area contributed by atoms with Gasteiger partial charge in [0.15, 0.2) is 0 Å². The van der Waals surface area contributed by atoms with Crippen LogP contribution in [0.25, 0.3) is 11.0 Å². The highest BCUT2D eigenvalue weighted by atomic mass is 16.5. The number of ether oxygens (including phenoxy) is 4. The summed E-state index contributed by atoms with van der Waals surface area (Å²) in [4.78, 5) is 36.5. The van der Waals surface area contributed by atoms with Crippen LogP contribution in [-0.2, 0) is 16.0 Å². The number of carbonyl (C=O) groups is 2. The van der Waals surface area contributed by atoms with Gasteiger partial charge in [-0.2, -0.15) is 0 Å². The van der Waals surface area contributed by atoms with Gasteiger partial charge in [-0.05, 0) is 41.6 Å². The Balaban J connectivity index is 1.43. The topological polar surface area (TPSA) is 127 Å². The molecule has 0 unspecified atom stereocenters. The number of methoxy groups -OCH3 is 2. The molecule has 2 heterocycles. The molecule has 0 fully saturated rings. The van der Waals surface area contributed by atoms with Gasteiger partial charge in [0.05, 0.1) is 31.6 Å². The van der Waals surface area contributed by atoms with E-state index in [1.165, 1.54) is 62.9 Å². The number of aromatic nitrogens is 1. The number of benzene rings is 2. The monoisotopic (exact) mass is 465 g/mol. The van der Waals surface area contributed by atoms with E-state index in [0.717, 1.165) is 0 Å². The van der Waals surface area contributed by atoms with Crippen molar-refractivity contribution in [2.24, 2.45) is 0 Å². The van der Waals surface area contributed by atoms with E-state index < -0.39 is 17.4 Å². The Morgan fingerprint density at radius 1 is 1.00 bits per heavy atom. The second kappa shape index (κ2) is 9.90. The molecule has 34 heavy (non-hydrogen) atoms. The summed E-state index contributed by atoms with van der Waals surface area (Å²) in [6, 6.07) is 12.1. The molecule has 4 rings (SSSR count). The minimum absolute atomic E-state index is 0.0365. The lowest BCUT2D eigenvalue weighted by Crippen LogP contribution is -2.09. The summed E-state index contributed by atoms with van der Waals surface area (Å²) in [6.45, 7) is 0. The van der Waals surface area contributed by atoms with Crippen LogP contribution in [0, 0.1) is 0 Å². The fourth-order valence-electron chi connectivity index (χ4n) is 3.04. The molecule has 2 aromatic carbocycles. The standard InChI is InChI=1S/C24H19NO9/c1-29-21-12-17(34-25-21)8-10-22(26)33-16-7-9-18-19(11-16)31-13-20(23(18)27)32-15-5-3-14(4-6-15)24(28)30-2/h3-7,9,11-13H,8,10H2,1-2H3. The molecule has 4 aromatic rings. The lowest BCUT2D eigenvalue weighted by molar-refractivity contribution is -0.134. The second-order valence-corrected chi connectivity index (χ2v) is 7.01. The largest absolute Gasteiger partial charge is 0.479 e. The molecular formula is C24H19NO9. The van der Waals surface area contributed by atoms with Crippen LogP contribution in [-0.4, -0.2) is 31.3 Å². The van der Waals surface area contributed by atoms with Gasteiger partial charge in [0.2, 0.25) is 11.2 Å². The van der Waals surface area contributed by atoms with Gasteiger partial charge >= 0.3 is 11.9 Å². The van der Waals surface area contributed by atoms with Crippen LogP contribution < -0.4 is 19.6 Å². The maximum Gasteiger partial charge on any atom is 0.337 e. The predicted octanol–water partition coefficient (Wildman–Crippen LogP) is 3.91. The number of fused-ring (bicyclic) bond motifs is 1. The van der Waals surface area contributed by atoms with Crippen molar-refractivity contribution in [3.8, 4) is 23.1 Å². The van der Waals surface area contributed by atoms with E-state index in [2.05, 4.69) is 9.89 Å². The normalized spacial score (nSPS) is 10.6. The highest BCUT2D eigenvalue weighted by Crippen LogP contribution is 2.25. The van der Waals surface area contributed by atoms with Crippen molar-refractivity contribution in [2.45, 2.75) is 12.8 Å². The molecule has 0 bridgehead atoms. The number of rotatable bonds is 8. The minimum Gasteiger partial charge on any atom is -0.479 e. The summed E-state index contributed by atoms with van der Waals surface area (Å²) < 4.78 is 31.0. The maximum atomic E-state index is 12.8. The van der Waals surface area contributed by atoms with Crippen molar-refractivity contribution in [2.75, 3.05) is 14.2 Å². The molecule has 0 N–H and O–H groups in total. The van der Waals surface area contributed by atoms with Crippen molar-refractivity contribution in [1.29, 1.82) is 0 Å². The molecule has 0 amide bonds. The molecule has 0 aliphatic heterocycles. The maximum absolute atomic E-state index is 12.8. The lowest BCUT2D eigenvalue weighted by atomic mass is 10.2. The van der Waals surface area contributed by atoms with Crippen LogP contribution in [0.15, 0.2) is 68.5 Å². The fraction of sp³-hybridized carbons (Fsp3) is 0.167. The summed E-state index contributed by atoms with van der Waals surface area (Å²) in [5.41, 5.74) is 0.169. The van der Waals surface area contributed by atoms with Crippen LogP contribution in [0.3, 0.4) is 0 Å². The van der Waals surface area contributed by atoms with E-state index in [9.17, 15) is 14.4 Å². The third kappa shape index (κ3) is 5.07. The van der Waals surface area contributed by atoms with E-state index in [4.69, 9.17) is 23.2 Å². The average molecular weight is 465 g/mol. The molecule has 10 nitrogen and oxygen atoms in total. The number of nitrogens with zero attached hydrogens (tertiary/aromatic N) is 1. The fourth-order valence-corrected chi connectivity index (χ4v) is 3.04. The average Bonchev–Trinajstić information content (AvgIpc) is 3.33. The van der Waals surface area contributed by atoms with Crippen LogP contribution in [0.4, 0.5) is 0 Å². The summed E-state index contributed by atoms with van der Waals surface area (Å²) >= 11 is 0. The zero-order valence-electron chi connectivity index (χ0n) is 18.2. The van der Waals surface area contributed by atoms with E-state index in [1.54, 1.807) is 6.07 Å². The Morgan fingerprint density at radius 2 is 1.76 bits per heavy atom. The summed E-state index contributed by atoms with van der Waals surface area (Å²) in [5, 5.41) is 3.91. The first-order valence-electron chi connectivity index (χ1n) is 10.1. The van der Waals surface area contributed by atoms with Gasteiger partial charge in [-0.3, -0.25) is 9.59 Å². The van der Waals surface area contributed by atoms with Gasteiger partial charge in [0, 0.05) is 18.6 Å². The van der Waals surface area contributed by atoms with Crippen molar-refractivity contribution in [3.63, 3.8) is 0 Å². The van der Waals surface area contributed by atoms with Gasteiger partial charge in [-0.1, -0.05) is 0 Å². The Morgan fingerprint density at radius 3 is 2.47 bits per heavy atom. The molecular weight excluding hydrogens is 446 g/mol. The van der Waals surface area contributed by atoms with Gasteiger partial charge in [0.25, 0.3) is 5.88 Å². The van der Waals surface area contributed by atoms with E-state index in [-0.39, 0.29) is 28.9 Å². The molecule has 0 spiro atoms. The first kappa shape index (κ1) is 22.6. The van der Waals surface area contributed by atoms with Crippen molar-refractivity contribution in [1.82, 2.24) is 5.16 Å². The Labute approximate surface area is 192 Å². The molecule has 0 aliphatic carbocycles. The van der Waals surface area contributed by atoms with Gasteiger partial charge < -0.3 is 27.9 Å². The summed E-state index contributed by atoms with van der Waals surface area (Å²) in [5.74, 6) is 0.377. The summed E-state index contributed by atoms with van der Waals surface area (Å²) in [6.07, 6.45) is 1.52. The van der Waals surface area contributed by atoms with Crippen LogP contribution in [0.1, 0.15) is 22.5 Å². The molecule has 0 radical (unpaired) electrons. The predicted molar refractivity (Wildman–Crippen MR) is 117 cm³/mol. The van der Waals surface area contributed by atoms with Gasteiger partial charge in [-0.25, -0.2) is 4.79 Å². The first-order valence-corrected chi connectivity index (χ1v) is 10.1. The quantitative estimate of drug-likeness (QED) is 0.279. The molecule has 0 saturated carbocycles. The van der Waals surface area contributed by atoms with Crippen molar-refractivity contribution >= 4 is 22.9 Å². The Hall–Kier alpha value is -4.60. The first-order chi connectivity index (χ1) is 16.5. The SMILES string of the molecule is COC(=O)c1ccc(Oc2coc3cc(OC(=O)CCc4cc(OC)no4)ccc3c2=O)cc1. The van der Waals surface area contributed by atoms with E-state index >= 15 is 0 Å². The van der Waals surface area contributed by atoms with Crippen LogP contribution in [0.2, 0.25) is 0 Å². The molecule has 174 valence electrons. The number of hydrogen-bond donors (Lipinski definition) is 0.